The van der Waals surface area contributed by atoms with Crippen molar-refractivity contribution in [3.8, 4) is 0 Å². The van der Waals surface area contributed by atoms with Crippen LogP contribution in [-0.4, -0.2) is 0 Å². The summed E-state index contributed by atoms with van der Waals surface area (Å²) in [5, 5.41) is 0. The van der Waals surface area contributed by atoms with Gasteiger partial charge in [-0.15, -0.1) is 6.42 Å². The first-order chi connectivity index (χ1) is 3.93. The SMILES string of the molecule is CCCC1=CC[C-]=C1.[Cl-].[Cl-].[Zr+3]. The second kappa shape index (κ2) is 10.9. The minimum Gasteiger partial charge on any atom is -1.00 e. The van der Waals surface area contributed by atoms with E-state index in [1.54, 1.807) is 0 Å². The molecule has 1 aliphatic carbocycles. The fraction of sp³-hybridized carbons (Fsp3) is 0.500. The van der Waals surface area contributed by atoms with Crippen LogP contribution >= 0.6 is 0 Å². The fourth-order valence-electron chi connectivity index (χ4n) is 0.902. The first-order valence-electron chi connectivity index (χ1n) is 3.19. The van der Waals surface area contributed by atoms with Crippen LogP contribution in [0.1, 0.15) is 26.2 Å². The molecule has 3 heteroatoms. The van der Waals surface area contributed by atoms with Crippen molar-refractivity contribution in [2.24, 2.45) is 0 Å². The predicted molar refractivity (Wildman–Crippen MR) is 35.4 cm³/mol. The normalized spacial score (nSPS) is 12.3. The van der Waals surface area contributed by atoms with Gasteiger partial charge in [0.15, 0.2) is 0 Å². The third kappa shape index (κ3) is 7.31. The molecule has 1 aliphatic rings. The zero-order valence-electron chi connectivity index (χ0n) is 6.53. The summed E-state index contributed by atoms with van der Waals surface area (Å²) in [6, 6.07) is 0. The molecule has 0 saturated heterocycles. The second-order valence-electron chi connectivity index (χ2n) is 2.08. The number of allylic oxidation sites excluding steroid dienone is 4. The Morgan fingerprint density at radius 3 is 2.45 bits per heavy atom. The van der Waals surface area contributed by atoms with Gasteiger partial charge in [0.05, 0.1) is 0 Å². The van der Waals surface area contributed by atoms with Crippen LogP contribution in [-0.2, 0) is 26.2 Å². The van der Waals surface area contributed by atoms with Gasteiger partial charge in [-0.05, 0) is 0 Å². The maximum Gasteiger partial charge on any atom is 3.00 e. The Hall–Kier alpha value is 0.943. The van der Waals surface area contributed by atoms with E-state index in [1.807, 2.05) is 0 Å². The van der Waals surface area contributed by atoms with Gasteiger partial charge >= 0.3 is 26.2 Å². The van der Waals surface area contributed by atoms with Crippen LogP contribution < -0.4 is 24.8 Å². The molecule has 61 valence electrons. The van der Waals surface area contributed by atoms with Crippen molar-refractivity contribution < 1.29 is 51.0 Å². The molecule has 0 aromatic carbocycles. The van der Waals surface area contributed by atoms with E-state index in [2.05, 4.69) is 25.2 Å². The Bertz CT molecular complexity index is 130. The molecule has 0 saturated carbocycles. The third-order valence-electron chi connectivity index (χ3n) is 1.31. The van der Waals surface area contributed by atoms with Gasteiger partial charge in [0.2, 0.25) is 0 Å². The maximum atomic E-state index is 3.14. The molecule has 0 spiro atoms. The number of halogens is 2. The largest absolute Gasteiger partial charge is 3.00 e. The summed E-state index contributed by atoms with van der Waals surface area (Å²) in [5.74, 6) is 0. The average molecular weight is 269 g/mol. The quantitative estimate of drug-likeness (QED) is 0.456. The molecule has 0 fully saturated rings. The number of hydrogen-bond acceptors (Lipinski definition) is 0. The molecule has 0 atom stereocenters. The van der Waals surface area contributed by atoms with Crippen LogP contribution in [0.15, 0.2) is 17.7 Å². The first kappa shape index (κ1) is 17.9. The molecular weight excluding hydrogens is 258 g/mol. The minimum atomic E-state index is 0. The van der Waals surface area contributed by atoms with E-state index in [1.165, 1.54) is 18.4 Å². The van der Waals surface area contributed by atoms with Gasteiger partial charge < -0.3 is 24.8 Å². The molecule has 0 unspecified atom stereocenters. The van der Waals surface area contributed by atoms with Crippen molar-refractivity contribution in [2.75, 3.05) is 0 Å². The van der Waals surface area contributed by atoms with E-state index >= 15 is 0 Å². The average Bonchev–Trinajstić information content (AvgIpc) is 2.19. The predicted octanol–water partition coefficient (Wildman–Crippen LogP) is -3.52. The molecule has 0 amide bonds. The van der Waals surface area contributed by atoms with Crippen molar-refractivity contribution in [3.05, 3.63) is 23.8 Å². The molecule has 1 rings (SSSR count). The summed E-state index contributed by atoms with van der Waals surface area (Å²) in [6.45, 7) is 2.20. The Kier molecular flexibility index (Phi) is 17.8. The van der Waals surface area contributed by atoms with Crippen LogP contribution in [0.25, 0.3) is 0 Å². The summed E-state index contributed by atoms with van der Waals surface area (Å²) in [7, 11) is 0. The van der Waals surface area contributed by atoms with Gasteiger partial charge in [0.1, 0.15) is 0 Å². The van der Waals surface area contributed by atoms with Crippen LogP contribution in [0.3, 0.4) is 0 Å². The van der Waals surface area contributed by atoms with Crippen molar-refractivity contribution in [2.45, 2.75) is 26.2 Å². The monoisotopic (exact) mass is 267 g/mol. The smallest absolute Gasteiger partial charge is 1.00 e. The molecule has 0 heterocycles. The van der Waals surface area contributed by atoms with E-state index < -0.39 is 0 Å². The zero-order valence-corrected chi connectivity index (χ0v) is 10.5. The summed E-state index contributed by atoms with van der Waals surface area (Å²) >= 11 is 0. The van der Waals surface area contributed by atoms with E-state index in [0.29, 0.717) is 0 Å². The van der Waals surface area contributed by atoms with Crippen LogP contribution in [0, 0.1) is 6.08 Å². The first-order valence-corrected chi connectivity index (χ1v) is 3.19. The van der Waals surface area contributed by atoms with Crippen molar-refractivity contribution in [3.63, 3.8) is 0 Å². The molecule has 0 aromatic heterocycles. The van der Waals surface area contributed by atoms with Crippen LogP contribution in [0.2, 0.25) is 0 Å². The van der Waals surface area contributed by atoms with Gasteiger partial charge in [0, 0.05) is 0 Å². The fourth-order valence-corrected chi connectivity index (χ4v) is 0.902. The Labute approximate surface area is 100 Å². The van der Waals surface area contributed by atoms with Gasteiger partial charge in [-0.25, -0.2) is 11.6 Å². The van der Waals surface area contributed by atoms with E-state index in [-0.39, 0.29) is 51.0 Å². The molecule has 1 radical (unpaired) electrons. The molecule has 0 aromatic rings. The van der Waals surface area contributed by atoms with Gasteiger partial charge in [0.25, 0.3) is 0 Å². The molecule has 0 N–H and O–H groups in total. The Balaban J connectivity index is -0.000000213. The van der Waals surface area contributed by atoms with Gasteiger partial charge in [-0.1, -0.05) is 19.8 Å². The van der Waals surface area contributed by atoms with Gasteiger partial charge in [-0.3, -0.25) is 6.08 Å². The topological polar surface area (TPSA) is 0 Å². The molecular formula is C8H11Cl2Zr. The Morgan fingerprint density at radius 2 is 2.09 bits per heavy atom. The standard InChI is InChI=1S/C8H11.2ClH.Zr/c1-2-5-8-6-3-4-7-8;;;/h6-7H,2-3,5H2,1H3;2*1H;/q-1;;;+3/p-2. The maximum absolute atomic E-state index is 3.14. The van der Waals surface area contributed by atoms with E-state index in [4.69, 9.17) is 0 Å². The molecule has 11 heavy (non-hydrogen) atoms. The Morgan fingerprint density at radius 1 is 1.45 bits per heavy atom. The minimum absolute atomic E-state index is 0. The molecule has 0 bridgehead atoms. The summed E-state index contributed by atoms with van der Waals surface area (Å²) < 4.78 is 0. The van der Waals surface area contributed by atoms with Crippen molar-refractivity contribution in [1.29, 1.82) is 0 Å². The third-order valence-corrected chi connectivity index (χ3v) is 1.31. The van der Waals surface area contributed by atoms with Gasteiger partial charge in [-0.2, -0.15) is 6.08 Å². The van der Waals surface area contributed by atoms with Crippen LogP contribution in [0.5, 0.6) is 0 Å². The molecule has 0 aliphatic heterocycles. The molecule has 0 nitrogen and oxygen atoms in total. The van der Waals surface area contributed by atoms with Crippen molar-refractivity contribution >= 4 is 0 Å². The number of rotatable bonds is 2. The van der Waals surface area contributed by atoms with Crippen molar-refractivity contribution in [1.82, 2.24) is 0 Å². The van der Waals surface area contributed by atoms with Crippen LogP contribution in [0.4, 0.5) is 0 Å². The summed E-state index contributed by atoms with van der Waals surface area (Å²) in [4.78, 5) is 0. The summed E-state index contributed by atoms with van der Waals surface area (Å²) in [6.07, 6.45) is 11.0. The zero-order chi connectivity index (χ0) is 5.82. The number of hydrogen-bond donors (Lipinski definition) is 0. The van der Waals surface area contributed by atoms with E-state index in [9.17, 15) is 0 Å². The second-order valence-corrected chi connectivity index (χ2v) is 2.08. The summed E-state index contributed by atoms with van der Waals surface area (Å²) in [5.41, 5.74) is 1.47. The van der Waals surface area contributed by atoms with E-state index in [0.717, 1.165) is 6.42 Å².